The van der Waals surface area contributed by atoms with Crippen LogP contribution in [0.4, 0.5) is 10.1 Å². The number of nitrogens with zero attached hydrogens (tertiary/aromatic N) is 2. The van der Waals surface area contributed by atoms with Gasteiger partial charge >= 0.3 is 212 Å². The van der Waals surface area contributed by atoms with Crippen LogP contribution < -0.4 is 14.0 Å². The fourth-order valence-corrected chi connectivity index (χ4v) is 11.3. The predicted octanol–water partition coefficient (Wildman–Crippen LogP) is 2.69. The van der Waals surface area contributed by atoms with E-state index in [1.165, 1.54) is 12.1 Å². The fourth-order valence-electron chi connectivity index (χ4n) is 4.65. The average Bonchev–Trinajstić information content (AvgIpc) is 3.30. The van der Waals surface area contributed by atoms with Crippen molar-refractivity contribution in [1.29, 1.82) is 0 Å². The number of aromatic carboxylic acids is 1. The van der Waals surface area contributed by atoms with Gasteiger partial charge < -0.3 is 0 Å². The summed E-state index contributed by atoms with van der Waals surface area (Å²) in [5, 5.41) is 10.00. The van der Waals surface area contributed by atoms with E-state index in [0.29, 0.717) is 18.8 Å². The number of anilines is 1. The first-order valence-corrected chi connectivity index (χ1v) is 16.9. The van der Waals surface area contributed by atoms with E-state index in [2.05, 4.69) is 9.80 Å². The Morgan fingerprint density at radius 1 is 1.29 bits per heavy atom. The van der Waals surface area contributed by atoms with E-state index in [4.69, 9.17) is 4.74 Å². The summed E-state index contributed by atoms with van der Waals surface area (Å²) in [6.45, 7) is 7.59. The molecule has 2 aliphatic rings. The van der Waals surface area contributed by atoms with Crippen molar-refractivity contribution in [2.75, 3.05) is 37.7 Å². The number of carbonyl (C=O) groups is 1. The number of hydrogen-bond acceptors (Lipinski definition) is 6. The summed E-state index contributed by atoms with van der Waals surface area (Å²) in [6, 6.07) is 7.23. The Morgan fingerprint density at radius 3 is 2.77 bits per heavy atom. The number of likely N-dealkylation sites (N-methyl/N-ethyl adjacent to an activating group) is 1. The Hall–Kier alpha value is -2.35. The van der Waals surface area contributed by atoms with Gasteiger partial charge in [0.1, 0.15) is 0 Å². The van der Waals surface area contributed by atoms with Gasteiger partial charge in [-0.1, -0.05) is 0 Å². The van der Waals surface area contributed by atoms with Crippen molar-refractivity contribution in [3.05, 3.63) is 53.4 Å². The van der Waals surface area contributed by atoms with Crippen molar-refractivity contribution >= 4 is 44.8 Å². The quantitative estimate of drug-likeness (QED) is 0.469. The zero-order chi connectivity index (χ0) is 25.2. The molecule has 0 aromatic heterocycles. The van der Waals surface area contributed by atoms with Crippen molar-refractivity contribution < 1.29 is 27.4 Å². The SMILES string of the molecule is CCN(CC)C/C=C\c1cc(F)ccc1S(=O)(=O)[AsH]c1ccc2c(c1C(=O)O)OC[C@@H]1CCCN21. The predicted molar refractivity (Wildman–Crippen MR) is 136 cm³/mol. The van der Waals surface area contributed by atoms with Crippen molar-refractivity contribution in [3.63, 3.8) is 0 Å². The van der Waals surface area contributed by atoms with E-state index in [0.717, 1.165) is 38.5 Å². The van der Waals surface area contributed by atoms with Crippen LogP contribution in [0, 0.1) is 5.82 Å². The van der Waals surface area contributed by atoms with Gasteiger partial charge in [-0.3, -0.25) is 0 Å². The molecule has 2 atom stereocenters. The number of fused-ring (bicyclic) bond motifs is 3. The molecule has 0 saturated carbocycles. The fraction of sp³-hybridized carbons (Fsp3) is 0.400. The van der Waals surface area contributed by atoms with Crippen LogP contribution >= 0.6 is 0 Å². The van der Waals surface area contributed by atoms with Gasteiger partial charge in [-0.25, -0.2) is 0 Å². The molecular weight excluding hydrogens is 534 g/mol. The van der Waals surface area contributed by atoms with Crippen LogP contribution in [0.15, 0.2) is 41.3 Å². The first kappa shape index (κ1) is 25.7. The summed E-state index contributed by atoms with van der Waals surface area (Å²) in [7, 11) is -3.86. The number of carboxylic acid groups (broad SMARTS) is 1. The molecule has 35 heavy (non-hydrogen) atoms. The van der Waals surface area contributed by atoms with Gasteiger partial charge in [-0.2, -0.15) is 0 Å². The molecule has 1 saturated heterocycles. The number of hydrogen-bond donors (Lipinski definition) is 1. The number of carboxylic acids is 1. The Balaban J connectivity index is 1.68. The Labute approximate surface area is 211 Å². The summed E-state index contributed by atoms with van der Waals surface area (Å²) in [6.07, 6.45) is 5.45. The summed E-state index contributed by atoms with van der Waals surface area (Å²) >= 11 is -2.00. The van der Waals surface area contributed by atoms with E-state index >= 15 is 0 Å². The number of rotatable bonds is 9. The van der Waals surface area contributed by atoms with Crippen molar-refractivity contribution in [1.82, 2.24) is 4.90 Å². The van der Waals surface area contributed by atoms with Gasteiger partial charge in [0.2, 0.25) is 0 Å². The van der Waals surface area contributed by atoms with Gasteiger partial charge in [0, 0.05) is 0 Å². The third-order valence-electron chi connectivity index (χ3n) is 6.52. The van der Waals surface area contributed by atoms with Crippen molar-refractivity contribution in [2.45, 2.75) is 37.6 Å². The third kappa shape index (κ3) is 5.42. The molecule has 0 spiro atoms. The molecule has 188 valence electrons. The summed E-state index contributed by atoms with van der Waals surface area (Å²) in [5.74, 6) is -1.47. The first-order valence-electron chi connectivity index (χ1n) is 11.8. The molecule has 0 radical (unpaired) electrons. The van der Waals surface area contributed by atoms with Crippen LogP contribution in [0.2, 0.25) is 0 Å². The van der Waals surface area contributed by atoms with Gasteiger partial charge in [0.15, 0.2) is 0 Å². The second-order valence-corrected chi connectivity index (χ2v) is 16.1. The van der Waals surface area contributed by atoms with Gasteiger partial charge in [-0.15, -0.1) is 0 Å². The molecular formula is C25H30AsFN2O5S. The molecule has 2 aliphatic heterocycles. The summed E-state index contributed by atoms with van der Waals surface area (Å²) in [4.78, 5) is 16.6. The van der Waals surface area contributed by atoms with Crippen LogP contribution in [0.1, 0.15) is 42.6 Å². The van der Waals surface area contributed by atoms with Crippen molar-refractivity contribution in [3.8, 4) is 5.75 Å². The van der Waals surface area contributed by atoms with Crippen LogP contribution in [-0.2, 0) is 8.10 Å². The van der Waals surface area contributed by atoms with Crippen LogP contribution in [0.3, 0.4) is 0 Å². The molecule has 4 rings (SSSR count). The molecule has 0 amide bonds. The Morgan fingerprint density at radius 2 is 2.06 bits per heavy atom. The molecule has 1 N–H and O–H groups in total. The normalized spacial score (nSPS) is 17.8. The number of ether oxygens (including phenoxy) is 1. The van der Waals surface area contributed by atoms with Crippen LogP contribution in [0.5, 0.6) is 5.75 Å². The van der Waals surface area contributed by atoms with E-state index in [9.17, 15) is 22.7 Å². The van der Waals surface area contributed by atoms with Crippen LogP contribution in [0.25, 0.3) is 6.08 Å². The minimum atomic E-state index is -3.86. The number of benzene rings is 2. The molecule has 10 heteroatoms. The molecule has 2 aromatic carbocycles. The van der Waals surface area contributed by atoms with Crippen molar-refractivity contribution in [2.24, 2.45) is 0 Å². The molecule has 2 heterocycles. The third-order valence-corrected chi connectivity index (χ3v) is 13.3. The zero-order valence-electron chi connectivity index (χ0n) is 19.8. The molecule has 2 aromatic rings. The number of halogens is 1. The summed E-state index contributed by atoms with van der Waals surface area (Å²) in [5.41, 5.74) is 0.912. The first-order chi connectivity index (χ1) is 16.7. The average molecular weight is 565 g/mol. The summed E-state index contributed by atoms with van der Waals surface area (Å²) < 4.78 is 47.2. The minimum absolute atomic E-state index is 0.0179. The van der Waals surface area contributed by atoms with Gasteiger partial charge in [0.25, 0.3) is 0 Å². The molecule has 7 nitrogen and oxygen atoms in total. The molecule has 1 unspecified atom stereocenters. The Bertz CT molecular complexity index is 1250. The second kappa shape index (κ2) is 10.7. The van der Waals surface area contributed by atoms with E-state index in [-0.39, 0.29) is 32.2 Å². The van der Waals surface area contributed by atoms with E-state index in [1.54, 1.807) is 18.2 Å². The standard InChI is InChI=1S/C25H30AsFN2O5S/c1-3-28(4-2)13-5-7-17-15-18(27)9-12-22(17)35(32,33)26-20-10-11-21-24(23(20)25(30)31)34-16-19-8-6-14-29(19)21/h5,7,9-12,15,19,26H,3-4,6,8,13-14,16H2,1-2H3,(H,30,31)/b7-5-/t19-/m0/s1. The second-order valence-electron chi connectivity index (χ2n) is 8.62. The maximum absolute atomic E-state index is 14.0. The van der Waals surface area contributed by atoms with E-state index in [1.807, 2.05) is 19.9 Å². The van der Waals surface area contributed by atoms with Gasteiger partial charge in [-0.05, 0) is 0 Å². The van der Waals surface area contributed by atoms with Crippen LogP contribution in [-0.4, -0.2) is 77.8 Å². The monoisotopic (exact) mass is 564 g/mol. The van der Waals surface area contributed by atoms with E-state index < -0.39 is 34.5 Å². The Kier molecular flexibility index (Phi) is 7.89. The molecule has 1 fully saturated rings. The topological polar surface area (TPSA) is 87.2 Å². The van der Waals surface area contributed by atoms with Gasteiger partial charge in [0.05, 0.1) is 0 Å². The molecule has 0 bridgehead atoms. The zero-order valence-corrected chi connectivity index (χ0v) is 22.7. The maximum atomic E-state index is 14.0. The molecule has 0 aliphatic carbocycles.